The van der Waals surface area contributed by atoms with Gasteiger partial charge in [-0.1, -0.05) is 63.3 Å². The second kappa shape index (κ2) is 9.30. The SMILES string of the molecule is CCCCCCCCc1ccc(-c2ccc(-c3n[nH]nc3C#N)s2)cc1. The maximum Gasteiger partial charge on any atom is 0.191 e. The number of rotatable bonds is 9. The minimum absolute atomic E-state index is 0.340. The van der Waals surface area contributed by atoms with Gasteiger partial charge in [-0.15, -0.1) is 16.4 Å². The lowest BCUT2D eigenvalue weighted by Crippen LogP contribution is -1.86. The van der Waals surface area contributed by atoms with Crippen molar-refractivity contribution < 1.29 is 0 Å². The summed E-state index contributed by atoms with van der Waals surface area (Å²) in [5.74, 6) is 0. The lowest BCUT2D eigenvalue weighted by Gasteiger charge is -2.04. The molecule has 0 aliphatic carbocycles. The molecule has 0 amide bonds. The van der Waals surface area contributed by atoms with Crippen molar-refractivity contribution in [2.24, 2.45) is 0 Å². The van der Waals surface area contributed by atoms with Crippen LogP contribution in [-0.4, -0.2) is 15.4 Å². The lowest BCUT2D eigenvalue weighted by atomic mass is 10.0. The molecule has 0 atom stereocenters. The van der Waals surface area contributed by atoms with Crippen LogP contribution < -0.4 is 0 Å². The summed E-state index contributed by atoms with van der Waals surface area (Å²) < 4.78 is 0. The van der Waals surface area contributed by atoms with E-state index in [1.165, 1.54) is 54.5 Å². The number of benzene rings is 1. The van der Waals surface area contributed by atoms with Gasteiger partial charge in [0.2, 0.25) is 0 Å². The molecule has 3 rings (SSSR count). The van der Waals surface area contributed by atoms with E-state index in [9.17, 15) is 0 Å². The van der Waals surface area contributed by atoms with Crippen LogP contribution in [0.4, 0.5) is 0 Å². The Labute approximate surface area is 158 Å². The van der Waals surface area contributed by atoms with E-state index in [0.717, 1.165) is 11.3 Å². The molecule has 3 aromatic rings. The third kappa shape index (κ3) is 4.59. The van der Waals surface area contributed by atoms with Gasteiger partial charge in [-0.25, -0.2) is 0 Å². The van der Waals surface area contributed by atoms with E-state index in [-0.39, 0.29) is 0 Å². The number of hydrogen-bond acceptors (Lipinski definition) is 4. The predicted octanol–water partition coefficient (Wildman–Crippen LogP) is 5.97. The molecule has 134 valence electrons. The zero-order valence-electron chi connectivity index (χ0n) is 15.2. The van der Waals surface area contributed by atoms with Crippen molar-refractivity contribution in [3.05, 3.63) is 47.7 Å². The highest BCUT2D eigenvalue weighted by atomic mass is 32.1. The normalized spacial score (nSPS) is 10.8. The van der Waals surface area contributed by atoms with Crippen molar-refractivity contribution in [1.82, 2.24) is 15.4 Å². The molecule has 4 nitrogen and oxygen atoms in total. The van der Waals surface area contributed by atoms with E-state index >= 15 is 0 Å². The third-order valence-corrected chi connectivity index (χ3v) is 5.69. The first kappa shape index (κ1) is 18.3. The number of hydrogen-bond donors (Lipinski definition) is 1. The standard InChI is InChI=1S/C21H24N4S/c1-2-3-4-5-6-7-8-16-9-11-17(12-10-16)19-13-14-20(26-19)21-18(15-22)23-25-24-21/h9-14H,2-8H2,1H3,(H,23,24,25). The first-order valence-corrected chi connectivity index (χ1v) is 10.1. The molecule has 5 heteroatoms. The van der Waals surface area contributed by atoms with Gasteiger partial charge in [0.25, 0.3) is 0 Å². The smallest absolute Gasteiger partial charge is 0.191 e. The fourth-order valence-corrected chi connectivity index (χ4v) is 4.05. The van der Waals surface area contributed by atoms with Crippen LogP contribution in [0.5, 0.6) is 0 Å². The van der Waals surface area contributed by atoms with Crippen molar-refractivity contribution in [2.45, 2.75) is 51.9 Å². The first-order chi connectivity index (χ1) is 12.8. The summed E-state index contributed by atoms with van der Waals surface area (Å²) in [5, 5.41) is 19.6. The number of H-pyrrole nitrogens is 1. The van der Waals surface area contributed by atoms with Crippen LogP contribution >= 0.6 is 11.3 Å². The molecule has 2 heterocycles. The van der Waals surface area contributed by atoms with E-state index in [2.05, 4.69) is 58.7 Å². The highest BCUT2D eigenvalue weighted by Crippen LogP contribution is 2.34. The Morgan fingerprint density at radius 3 is 2.42 bits per heavy atom. The molecule has 0 saturated carbocycles. The summed E-state index contributed by atoms with van der Waals surface area (Å²) in [6.07, 6.45) is 9.16. The van der Waals surface area contributed by atoms with Crippen LogP contribution in [0.15, 0.2) is 36.4 Å². The van der Waals surface area contributed by atoms with Crippen molar-refractivity contribution >= 4 is 11.3 Å². The summed E-state index contributed by atoms with van der Waals surface area (Å²) in [5.41, 5.74) is 3.58. The van der Waals surface area contributed by atoms with Crippen molar-refractivity contribution in [1.29, 1.82) is 5.26 Å². The van der Waals surface area contributed by atoms with Crippen LogP contribution in [0.3, 0.4) is 0 Å². The van der Waals surface area contributed by atoms with Crippen molar-refractivity contribution in [3.8, 4) is 27.1 Å². The molecule has 0 saturated heterocycles. The molecule has 26 heavy (non-hydrogen) atoms. The van der Waals surface area contributed by atoms with Crippen LogP contribution in [0, 0.1) is 11.3 Å². The van der Waals surface area contributed by atoms with Crippen LogP contribution in [-0.2, 0) is 6.42 Å². The van der Waals surface area contributed by atoms with Gasteiger partial charge in [-0.3, -0.25) is 0 Å². The second-order valence-corrected chi connectivity index (χ2v) is 7.59. The largest absolute Gasteiger partial charge is 0.196 e. The average molecular weight is 365 g/mol. The number of aryl methyl sites for hydroxylation is 1. The maximum absolute atomic E-state index is 9.09. The monoisotopic (exact) mass is 364 g/mol. The molecule has 0 bridgehead atoms. The summed E-state index contributed by atoms with van der Waals surface area (Å²) in [4.78, 5) is 2.14. The zero-order chi connectivity index (χ0) is 18.2. The highest BCUT2D eigenvalue weighted by Gasteiger charge is 2.12. The summed E-state index contributed by atoms with van der Waals surface area (Å²) in [6, 6.07) is 15.0. The van der Waals surface area contributed by atoms with Gasteiger partial charge in [0.15, 0.2) is 5.69 Å². The van der Waals surface area contributed by atoms with Crippen molar-refractivity contribution in [2.75, 3.05) is 0 Å². The minimum atomic E-state index is 0.340. The molecule has 0 aliphatic heterocycles. The molecule has 0 aliphatic rings. The average Bonchev–Trinajstić information content (AvgIpc) is 3.33. The lowest BCUT2D eigenvalue weighted by molar-refractivity contribution is 0.607. The van der Waals surface area contributed by atoms with Crippen molar-refractivity contribution in [3.63, 3.8) is 0 Å². The van der Waals surface area contributed by atoms with E-state index in [4.69, 9.17) is 5.26 Å². The molecule has 0 fully saturated rings. The molecular formula is C21H24N4S. The molecule has 0 spiro atoms. The van der Waals surface area contributed by atoms with Gasteiger partial charge in [0.05, 0.1) is 4.88 Å². The number of aromatic nitrogens is 3. The van der Waals surface area contributed by atoms with Crippen LogP contribution in [0.1, 0.15) is 56.7 Å². The van der Waals surface area contributed by atoms with E-state index < -0.39 is 0 Å². The molecule has 1 aromatic carbocycles. The van der Waals surface area contributed by atoms with Gasteiger partial charge in [-0.2, -0.15) is 15.6 Å². The zero-order valence-corrected chi connectivity index (χ0v) is 16.0. The Balaban J connectivity index is 1.58. The first-order valence-electron chi connectivity index (χ1n) is 9.32. The third-order valence-electron chi connectivity index (χ3n) is 4.55. The van der Waals surface area contributed by atoms with E-state index in [1.54, 1.807) is 11.3 Å². The fraction of sp³-hybridized carbons (Fsp3) is 0.381. The van der Waals surface area contributed by atoms with Gasteiger partial charge in [0.1, 0.15) is 11.8 Å². The topological polar surface area (TPSA) is 65.4 Å². The summed E-state index contributed by atoms with van der Waals surface area (Å²) >= 11 is 1.63. The number of unbranched alkanes of at least 4 members (excludes halogenated alkanes) is 5. The van der Waals surface area contributed by atoms with Gasteiger partial charge < -0.3 is 0 Å². The second-order valence-electron chi connectivity index (χ2n) is 6.51. The number of aromatic amines is 1. The Kier molecular flexibility index (Phi) is 6.56. The molecular weight excluding hydrogens is 340 g/mol. The molecule has 0 radical (unpaired) electrons. The molecule has 0 unspecified atom stereocenters. The predicted molar refractivity (Wildman–Crippen MR) is 107 cm³/mol. The Bertz CT molecular complexity index is 855. The van der Waals surface area contributed by atoms with Crippen LogP contribution in [0.2, 0.25) is 0 Å². The van der Waals surface area contributed by atoms with Gasteiger partial charge >= 0.3 is 0 Å². The Morgan fingerprint density at radius 1 is 0.923 bits per heavy atom. The number of thiophene rings is 1. The maximum atomic E-state index is 9.09. The number of nitrogens with zero attached hydrogens (tertiary/aromatic N) is 3. The quantitative estimate of drug-likeness (QED) is 0.475. The summed E-state index contributed by atoms with van der Waals surface area (Å²) in [6.45, 7) is 2.26. The number of nitriles is 1. The van der Waals surface area contributed by atoms with E-state index in [1.807, 2.05) is 6.07 Å². The van der Waals surface area contributed by atoms with E-state index in [0.29, 0.717) is 11.4 Å². The molecule has 2 aromatic heterocycles. The minimum Gasteiger partial charge on any atom is -0.196 e. The fourth-order valence-electron chi connectivity index (χ4n) is 3.05. The summed E-state index contributed by atoms with van der Waals surface area (Å²) in [7, 11) is 0. The highest BCUT2D eigenvalue weighted by molar-refractivity contribution is 7.18. The van der Waals surface area contributed by atoms with Gasteiger partial charge in [0, 0.05) is 4.88 Å². The Morgan fingerprint density at radius 2 is 1.65 bits per heavy atom. The molecule has 1 N–H and O–H groups in total. The van der Waals surface area contributed by atoms with Crippen LogP contribution in [0.25, 0.3) is 21.0 Å². The number of nitrogens with one attached hydrogen (secondary N) is 1. The Hall–Kier alpha value is -2.45. The van der Waals surface area contributed by atoms with Gasteiger partial charge in [-0.05, 0) is 36.1 Å².